The third-order valence-electron chi connectivity index (χ3n) is 2.65. The number of pyridine rings is 1. The summed E-state index contributed by atoms with van der Waals surface area (Å²) in [7, 11) is 0. The second kappa shape index (κ2) is 6.33. The van der Waals surface area contributed by atoms with Gasteiger partial charge in [0.05, 0.1) is 5.25 Å². The average molecular weight is 289 g/mol. The Bertz CT molecular complexity index is 610. The highest BCUT2D eigenvalue weighted by atomic mass is 32.2. The molecular weight excluding hydrogens is 274 g/mol. The van der Waals surface area contributed by atoms with E-state index in [0.717, 1.165) is 5.56 Å². The second-order valence-corrected chi connectivity index (χ2v) is 5.41. The highest BCUT2D eigenvalue weighted by molar-refractivity contribution is 8.00. The lowest BCUT2D eigenvalue weighted by Gasteiger charge is -2.09. The molecule has 0 bridgehead atoms. The number of hydrogen-bond donors (Lipinski definition) is 1. The minimum absolute atomic E-state index is 0.368. The summed E-state index contributed by atoms with van der Waals surface area (Å²) >= 11 is 1.29. The van der Waals surface area contributed by atoms with Gasteiger partial charge in [-0.3, -0.25) is 14.3 Å². The van der Waals surface area contributed by atoms with Gasteiger partial charge in [0.2, 0.25) is 5.91 Å². The maximum atomic E-state index is 11.2. The van der Waals surface area contributed by atoms with Crippen molar-refractivity contribution in [3.05, 3.63) is 37.2 Å². The van der Waals surface area contributed by atoms with Crippen LogP contribution in [0.15, 0.2) is 42.3 Å². The van der Waals surface area contributed by atoms with Gasteiger partial charge in [-0.1, -0.05) is 17.8 Å². The van der Waals surface area contributed by atoms with Crippen molar-refractivity contribution in [2.24, 2.45) is 5.73 Å². The molecule has 0 unspecified atom stereocenters. The monoisotopic (exact) mass is 289 g/mol. The van der Waals surface area contributed by atoms with Gasteiger partial charge >= 0.3 is 0 Å². The predicted molar refractivity (Wildman–Crippen MR) is 78.0 cm³/mol. The number of nitrogens with zero attached hydrogens (tertiary/aromatic N) is 4. The van der Waals surface area contributed by atoms with Gasteiger partial charge in [-0.25, -0.2) is 0 Å². The highest BCUT2D eigenvalue weighted by Crippen LogP contribution is 2.26. The number of rotatable bonds is 6. The summed E-state index contributed by atoms with van der Waals surface area (Å²) < 4.78 is 1.90. The Hall–Kier alpha value is -2.15. The molecule has 1 atom stereocenters. The van der Waals surface area contributed by atoms with Gasteiger partial charge < -0.3 is 5.73 Å². The van der Waals surface area contributed by atoms with Gasteiger partial charge in [-0.2, -0.15) is 0 Å². The Morgan fingerprint density at radius 2 is 2.20 bits per heavy atom. The van der Waals surface area contributed by atoms with Crippen LogP contribution < -0.4 is 5.73 Å². The smallest absolute Gasteiger partial charge is 0.230 e. The number of amides is 1. The second-order valence-electron chi connectivity index (χ2n) is 4.10. The molecule has 7 heteroatoms. The van der Waals surface area contributed by atoms with Crippen LogP contribution in [0.2, 0.25) is 0 Å². The zero-order chi connectivity index (χ0) is 14.5. The molecular formula is C13H15N5OS. The summed E-state index contributed by atoms with van der Waals surface area (Å²) in [5, 5.41) is 8.59. The quantitative estimate of drug-likeness (QED) is 0.643. The molecule has 2 heterocycles. The van der Waals surface area contributed by atoms with E-state index in [1.54, 1.807) is 25.4 Å². The van der Waals surface area contributed by atoms with Crippen molar-refractivity contribution in [2.75, 3.05) is 0 Å². The lowest BCUT2D eigenvalue weighted by molar-refractivity contribution is -0.117. The first-order chi connectivity index (χ1) is 9.63. The molecule has 0 saturated carbocycles. The van der Waals surface area contributed by atoms with Crippen LogP contribution in [0, 0.1) is 0 Å². The molecule has 2 N–H and O–H groups in total. The normalized spacial score (nSPS) is 12.1. The van der Waals surface area contributed by atoms with Crippen LogP contribution >= 0.6 is 11.8 Å². The van der Waals surface area contributed by atoms with Crippen molar-refractivity contribution in [1.29, 1.82) is 0 Å². The number of thioether (sulfide) groups is 1. The molecule has 2 aromatic rings. The minimum atomic E-state index is -0.381. The molecule has 0 aromatic carbocycles. The van der Waals surface area contributed by atoms with E-state index in [9.17, 15) is 4.79 Å². The zero-order valence-corrected chi connectivity index (χ0v) is 11.9. The largest absolute Gasteiger partial charge is 0.369 e. The highest BCUT2D eigenvalue weighted by Gasteiger charge is 2.18. The summed E-state index contributed by atoms with van der Waals surface area (Å²) in [5.41, 5.74) is 6.19. The van der Waals surface area contributed by atoms with Crippen molar-refractivity contribution in [1.82, 2.24) is 19.7 Å². The molecule has 0 aliphatic heterocycles. The van der Waals surface area contributed by atoms with Crippen LogP contribution in [0.3, 0.4) is 0 Å². The van der Waals surface area contributed by atoms with Crippen LogP contribution in [-0.2, 0) is 11.3 Å². The van der Waals surface area contributed by atoms with Crippen LogP contribution in [0.4, 0.5) is 0 Å². The van der Waals surface area contributed by atoms with E-state index in [1.807, 2.05) is 16.7 Å². The third-order valence-corrected chi connectivity index (χ3v) is 3.75. The molecule has 0 spiro atoms. The lowest BCUT2D eigenvalue weighted by atomic mass is 10.2. The van der Waals surface area contributed by atoms with E-state index >= 15 is 0 Å². The topological polar surface area (TPSA) is 86.7 Å². The van der Waals surface area contributed by atoms with Crippen molar-refractivity contribution in [3.8, 4) is 11.4 Å². The summed E-state index contributed by atoms with van der Waals surface area (Å²) in [5.74, 6) is 0.333. The number of carbonyl (C=O) groups excluding carboxylic acids is 1. The lowest BCUT2D eigenvalue weighted by Crippen LogP contribution is -2.23. The summed E-state index contributed by atoms with van der Waals surface area (Å²) in [6.45, 7) is 6.03. The first kappa shape index (κ1) is 14.3. The minimum Gasteiger partial charge on any atom is -0.369 e. The molecule has 2 aromatic heterocycles. The van der Waals surface area contributed by atoms with Gasteiger partial charge in [0.1, 0.15) is 0 Å². The van der Waals surface area contributed by atoms with Crippen molar-refractivity contribution >= 4 is 17.7 Å². The maximum absolute atomic E-state index is 11.2. The fraction of sp³-hybridized carbons (Fsp3) is 0.231. The van der Waals surface area contributed by atoms with Crippen LogP contribution in [0.25, 0.3) is 11.4 Å². The molecule has 0 aliphatic rings. The molecule has 1 amide bonds. The van der Waals surface area contributed by atoms with E-state index in [1.165, 1.54) is 11.8 Å². The van der Waals surface area contributed by atoms with Gasteiger partial charge in [-0.05, 0) is 19.1 Å². The Morgan fingerprint density at radius 1 is 1.50 bits per heavy atom. The van der Waals surface area contributed by atoms with Crippen molar-refractivity contribution in [2.45, 2.75) is 23.9 Å². The fourth-order valence-electron chi connectivity index (χ4n) is 1.60. The Kier molecular flexibility index (Phi) is 4.52. The van der Waals surface area contributed by atoms with E-state index in [0.29, 0.717) is 17.5 Å². The first-order valence-electron chi connectivity index (χ1n) is 6.04. The number of hydrogen-bond acceptors (Lipinski definition) is 5. The zero-order valence-electron chi connectivity index (χ0n) is 11.1. The molecule has 0 saturated heterocycles. The first-order valence-corrected chi connectivity index (χ1v) is 6.92. The van der Waals surface area contributed by atoms with Crippen LogP contribution in [0.5, 0.6) is 0 Å². The van der Waals surface area contributed by atoms with Gasteiger partial charge in [0, 0.05) is 24.5 Å². The molecule has 2 rings (SSSR count). The van der Waals surface area contributed by atoms with E-state index in [2.05, 4.69) is 21.8 Å². The number of carbonyl (C=O) groups is 1. The number of nitrogens with two attached hydrogens (primary N) is 1. The molecule has 0 aliphatic carbocycles. The Balaban J connectivity index is 2.37. The van der Waals surface area contributed by atoms with Crippen LogP contribution in [0.1, 0.15) is 6.92 Å². The van der Waals surface area contributed by atoms with Crippen LogP contribution in [-0.4, -0.2) is 30.9 Å². The van der Waals surface area contributed by atoms with E-state index in [4.69, 9.17) is 5.73 Å². The fourth-order valence-corrected chi connectivity index (χ4v) is 2.41. The molecule has 0 radical (unpaired) electrons. The molecule has 20 heavy (non-hydrogen) atoms. The molecule has 6 nitrogen and oxygen atoms in total. The van der Waals surface area contributed by atoms with Crippen molar-refractivity contribution < 1.29 is 4.79 Å². The number of aromatic nitrogens is 4. The number of primary amides is 1. The van der Waals surface area contributed by atoms with E-state index < -0.39 is 0 Å². The Morgan fingerprint density at radius 3 is 2.80 bits per heavy atom. The van der Waals surface area contributed by atoms with Gasteiger partial charge in [0.25, 0.3) is 0 Å². The molecule has 104 valence electrons. The van der Waals surface area contributed by atoms with Gasteiger partial charge in [0.15, 0.2) is 11.0 Å². The summed E-state index contributed by atoms with van der Waals surface area (Å²) in [6, 6.07) is 3.71. The average Bonchev–Trinajstić information content (AvgIpc) is 2.83. The van der Waals surface area contributed by atoms with Crippen molar-refractivity contribution in [3.63, 3.8) is 0 Å². The SMILES string of the molecule is C=CCn1c(S[C@H](C)C(N)=O)nnc1-c1ccncc1. The van der Waals surface area contributed by atoms with E-state index in [-0.39, 0.29) is 11.2 Å². The third kappa shape index (κ3) is 3.05. The summed E-state index contributed by atoms with van der Waals surface area (Å²) in [4.78, 5) is 15.1. The predicted octanol–water partition coefficient (Wildman–Crippen LogP) is 1.49. The number of allylic oxidation sites excluding steroid dienone is 1. The maximum Gasteiger partial charge on any atom is 0.230 e. The summed E-state index contributed by atoms with van der Waals surface area (Å²) in [6.07, 6.45) is 5.15. The molecule has 0 fully saturated rings. The van der Waals surface area contributed by atoms with Gasteiger partial charge in [-0.15, -0.1) is 16.8 Å². The standard InChI is InChI=1S/C13H15N5OS/c1-3-8-18-12(10-4-6-15-7-5-10)16-17-13(18)20-9(2)11(14)19/h3-7,9H,1,8H2,2H3,(H2,14,19)/t9-/m1/s1. The Labute approximate surface area is 121 Å².